The lowest BCUT2D eigenvalue weighted by Gasteiger charge is -2.14. The maximum absolute atomic E-state index is 12.6. The van der Waals surface area contributed by atoms with E-state index >= 15 is 0 Å². The molecule has 0 saturated heterocycles. The predicted molar refractivity (Wildman–Crippen MR) is 106 cm³/mol. The molecule has 3 nitrogen and oxygen atoms in total. The van der Waals surface area contributed by atoms with E-state index in [0.29, 0.717) is 16.9 Å². The molecule has 3 aromatic carbocycles. The lowest BCUT2D eigenvalue weighted by Crippen LogP contribution is -2.17. The summed E-state index contributed by atoms with van der Waals surface area (Å²) in [4.78, 5) is 25.2. The zero-order valence-electron chi connectivity index (χ0n) is 15.7. The highest BCUT2D eigenvalue weighted by molar-refractivity contribution is 6.09. The van der Waals surface area contributed by atoms with E-state index in [1.807, 2.05) is 56.3 Å². The molecule has 3 rings (SSSR count). The van der Waals surface area contributed by atoms with Crippen molar-refractivity contribution >= 4 is 11.8 Å². The van der Waals surface area contributed by atoms with Crippen LogP contribution in [-0.2, 0) is 4.79 Å². The largest absolute Gasteiger partial charge is 0.426 e. The van der Waals surface area contributed by atoms with Crippen LogP contribution in [0.2, 0.25) is 0 Å². The van der Waals surface area contributed by atoms with Crippen LogP contribution in [0.4, 0.5) is 0 Å². The van der Waals surface area contributed by atoms with E-state index in [-0.39, 0.29) is 11.8 Å². The molecule has 0 fully saturated rings. The summed E-state index contributed by atoms with van der Waals surface area (Å²) in [5, 5.41) is 0. The molecule has 0 aliphatic carbocycles. The third-order valence-electron chi connectivity index (χ3n) is 4.58. The first-order chi connectivity index (χ1) is 13.0. The van der Waals surface area contributed by atoms with Gasteiger partial charge >= 0.3 is 5.97 Å². The Bertz CT molecular complexity index is 974. The lowest BCUT2D eigenvalue weighted by molar-refractivity contribution is -0.135. The summed E-state index contributed by atoms with van der Waals surface area (Å²) in [7, 11) is 0. The van der Waals surface area contributed by atoms with Gasteiger partial charge < -0.3 is 4.74 Å². The molecule has 0 bridgehead atoms. The smallest absolute Gasteiger partial charge is 0.318 e. The summed E-state index contributed by atoms with van der Waals surface area (Å²) >= 11 is 0. The average molecular weight is 358 g/mol. The van der Waals surface area contributed by atoms with Crippen LogP contribution < -0.4 is 4.74 Å². The minimum atomic E-state index is -0.478. The maximum atomic E-state index is 12.6. The topological polar surface area (TPSA) is 43.4 Å². The minimum Gasteiger partial charge on any atom is -0.426 e. The van der Waals surface area contributed by atoms with Crippen molar-refractivity contribution in [2.24, 2.45) is 0 Å². The van der Waals surface area contributed by atoms with E-state index in [1.54, 1.807) is 37.3 Å². The highest BCUT2D eigenvalue weighted by Crippen LogP contribution is 2.24. The van der Waals surface area contributed by atoms with Crippen LogP contribution in [0.1, 0.15) is 45.5 Å². The zero-order chi connectivity index (χ0) is 19.4. The molecule has 0 radical (unpaired) electrons. The molecule has 0 aromatic heterocycles. The van der Waals surface area contributed by atoms with E-state index in [9.17, 15) is 9.59 Å². The number of ketones is 1. The molecule has 0 unspecified atom stereocenters. The van der Waals surface area contributed by atoms with Gasteiger partial charge in [0.05, 0.1) is 5.92 Å². The van der Waals surface area contributed by atoms with Gasteiger partial charge in [-0.25, -0.2) is 0 Å². The number of hydrogen-bond donors (Lipinski definition) is 0. The highest BCUT2D eigenvalue weighted by atomic mass is 16.5. The monoisotopic (exact) mass is 358 g/mol. The number of aryl methyl sites for hydroxylation is 2. The van der Waals surface area contributed by atoms with Gasteiger partial charge in [0.15, 0.2) is 5.78 Å². The molecule has 0 aliphatic heterocycles. The van der Waals surface area contributed by atoms with Gasteiger partial charge in [0.1, 0.15) is 5.75 Å². The van der Waals surface area contributed by atoms with Crippen molar-refractivity contribution in [2.45, 2.75) is 26.7 Å². The molecule has 0 amide bonds. The van der Waals surface area contributed by atoms with Crippen molar-refractivity contribution < 1.29 is 14.3 Å². The molecule has 136 valence electrons. The molecular formula is C24H22O3. The normalized spacial score (nSPS) is 11.7. The molecule has 1 atom stereocenters. The zero-order valence-corrected chi connectivity index (χ0v) is 15.7. The molecule has 0 spiro atoms. The Morgan fingerprint density at radius 1 is 0.815 bits per heavy atom. The molecule has 0 aliphatic rings. The van der Waals surface area contributed by atoms with Gasteiger partial charge in [0.2, 0.25) is 0 Å². The second-order valence-corrected chi connectivity index (χ2v) is 6.73. The third kappa shape index (κ3) is 4.32. The molecule has 27 heavy (non-hydrogen) atoms. The Balaban J connectivity index is 1.79. The minimum absolute atomic E-state index is 0.0626. The summed E-state index contributed by atoms with van der Waals surface area (Å²) in [5.41, 5.74) is 3.98. The lowest BCUT2D eigenvalue weighted by atomic mass is 9.96. The fourth-order valence-corrected chi connectivity index (χ4v) is 2.95. The van der Waals surface area contributed by atoms with Gasteiger partial charge in [-0.05, 0) is 44.0 Å². The van der Waals surface area contributed by atoms with Crippen molar-refractivity contribution in [3.8, 4) is 5.75 Å². The number of hydrogen-bond acceptors (Lipinski definition) is 3. The Morgan fingerprint density at radius 2 is 1.52 bits per heavy atom. The molecular weight excluding hydrogens is 336 g/mol. The Hall–Kier alpha value is -3.20. The van der Waals surface area contributed by atoms with Gasteiger partial charge in [-0.3, -0.25) is 9.59 Å². The summed E-state index contributed by atoms with van der Waals surface area (Å²) in [6, 6.07) is 22.0. The highest BCUT2D eigenvalue weighted by Gasteiger charge is 2.20. The van der Waals surface area contributed by atoms with E-state index in [0.717, 1.165) is 16.7 Å². The molecule has 0 heterocycles. The standard InChI is InChI=1S/C24H22O3/c1-16-12-13-22(17(2)14-16)27-24(26)18(3)20-10-7-11-21(15-20)23(25)19-8-5-4-6-9-19/h4-15,18H,1-3H3/t18-/m0/s1. The van der Waals surface area contributed by atoms with Gasteiger partial charge in [-0.1, -0.05) is 66.2 Å². The molecule has 0 saturated carbocycles. The number of rotatable bonds is 5. The van der Waals surface area contributed by atoms with Crippen molar-refractivity contribution in [2.75, 3.05) is 0 Å². The van der Waals surface area contributed by atoms with Crippen molar-refractivity contribution in [1.82, 2.24) is 0 Å². The van der Waals surface area contributed by atoms with Crippen molar-refractivity contribution in [3.63, 3.8) is 0 Å². The number of benzene rings is 3. The van der Waals surface area contributed by atoms with Crippen LogP contribution in [0.3, 0.4) is 0 Å². The van der Waals surface area contributed by atoms with Gasteiger partial charge in [-0.2, -0.15) is 0 Å². The summed E-state index contributed by atoms with van der Waals surface area (Å²) < 4.78 is 5.58. The quantitative estimate of drug-likeness (QED) is 0.356. The first kappa shape index (κ1) is 18.6. The summed E-state index contributed by atoms with van der Waals surface area (Å²) in [5.74, 6) is -0.318. The SMILES string of the molecule is Cc1ccc(OC(=O)[C@@H](C)c2cccc(C(=O)c3ccccc3)c2)c(C)c1. The van der Waals surface area contributed by atoms with Gasteiger partial charge in [0, 0.05) is 11.1 Å². The summed E-state index contributed by atoms with van der Waals surface area (Å²) in [6.45, 7) is 5.70. The Morgan fingerprint density at radius 3 is 2.22 bits per heavy atom. The predicted octanol–water partition coefficient (Wildman–Crippen LogP) is 5.24. The van der Waals surface area contributed by atoms with E-state index in [1.165, 1.54) is 0 Å². The first-order valence-electron chi connectivity index (χ1n) is 8.94. The number of carbonyl (C=O) groups is 2. The van der Waals surface area contributed by atoms with Gasteiger partial charge in [0.25, 0.3) is 0 Å². The summed E-state index contributed by atoms with van der Waals surface area (Å²) in [6.07, 6.45) is 0. The number of ether oxygens (including phenoxy) is 1. The Labute approximate surface area is 159 Å². The fourth-order valence-electron chi connectivity index (χ4n) is 2.95. The van der Waals surface area contributed by atoms with E-state index in [4.69, 9.17) is 4.74 Å². The van der Waals surface area contributed by atoms with Crippen molar-refractivity contribution in [3.05, 3.63) is 101 Å². The van der Waals surface area contributed by atoms with Crippen LogP contribution in [0, 0.1) is 13.8 Å². The van der Waals surface area contributed by atoms with E-state index in [2.05, 4.69) is 0 Å². The second-order valence-electron chi connectivity index (χ2n) is 6.73. The van der Waals surface area contributed by atoms with Crippen LogP contribution >= 0.6 is 0 Å². The van der Waals surface area contributed by atoms with Crippen LogP contribution in [-0.4, -0.2) is 11.8 Å². The first-order valence-corrected chi connectivity index (χ1v) is 8.94. The van der Waals surface area contributed by atoms with Crippen LogP contribution in [0.15, 0.2) is 72.8 Å². The average Bonchev–Trinajstić information content (AvgIpc) is 2.69. The van der Waals surface area contributed by atoms with Crippen LogP contribution in [0.25, 0.3) is 0 Å². The third-order valence-corrected chi connectivity index (χ3v) is 4.58. The maximum Gasteiger partial charge on any atom is 0.318 e. The molecule has 3 aromatic rings. The van der Waals surface area contributed by atoms with Gasteiger partial charge in [-0.15, -0.1) is 0 Å². The van der Waals surface area contributed by atoms with Crippen molar-refractivity contribution in [1.29, 1.82) is 0 Å². The number of esters is 1. The molecule has 3 heteroatoms. The number of carbonyl (C=O) groups excluding carboxylic acids is 2. The Kier molecular flexibility index (Phi) is 5.51. The molecule has 0 N–H and O–H groups in total. The van der Waals surface area contributed by atoms with E-state index < -0.39 is 5.92 Å². The van der Waals surface area contributed by atoms with Crippen LogP contribution in [0.5, 0.6) is 5.75 Å². The fraction of sp³-hybridized carbons (Fsp3) is 0.167. The second kappa shape index (κ2) is 8.00.